The van der Waals surface area contributed by atoms with E-state index in [1.165, 1.54) is 6.20 Å². The van der Waals surface area contributed by atoms with Crippen LogP contribution in [0.5, 0.6) is 0 Å². The summed E-state index contributed by atoms with van der Waals surface area (Å²) in [5.41, 5.74) is 0.752. The van der Waals surface area contributed by atoms with Gasteiger partial charge in [-0.25, -0.2) is 0 Å². The van der Waals surface area contributed by atoms with E-state index in [0.29, 0.717) is 34.9 Å². The van der Waals surface area contributed by atoms with Gasteiger partial charge >= 0.3 is 6.18 Å². The molecule has 0 saturated carbocycles. The molecule has 32 heavy (non-hydrogen) atoms. The third-order valence-corrected chi connectivity index (χ3v) is 6.90. The van der Waals surface area contributed by atoms with Gasteiger partial charge in [0, 0.05) is 50.8 Å². The van der Waals surface area contributed by atoms with Crippen LogP contribution in [-0.2, 0) is 13.2 Å². The molecule has 3 aromatic rings. The number of nitrogens with one attached hydrogen (secondary N) is 1. The molecule has 1 N–H and O–H groups in total. The molecular formula is C21H24F3N7O. The van der Waals surface area contributed by atoms with E-state index in [1.54, 1.807) is 24.6 Å². The summed E-state index contributed by atoms with van der Waals surface area (Å²) in [6.07, 6.45) is -0.530. The van der Waals surface area contributed by atoms with Gasteiger partial charge in [0.2, 0.25) is 5.95 Å². The van der Waals surface area contributed by atoms with Crippen LogP contribution in [0.2, 0.25) is 0 Å². The maximum absolute atomic E-state index is 13.0. The molecule has 2 aliphatic heterocycles. The SMILES string of the molecule is Cc1[nH]nc2nc(N3CCC4(CCN(c5ccnc(C(F)(F)F)c5)C4)CC3)n(C)c(=O)c12. The number of nitrogens with zero attached hydrogens (tertiary/aromatic N) is 6. The molecule has 170 valence electrons. The van der Waals surface area contributed by atoms with Gasteiger partial charge in [-0.2, -0.15) is 23.3 Å². The highest BCUT2D eigenvalue weighted by molar-refractivity contribution is 5.77. The minimum atomic E-state index is -4.45. The third-order valence-electron chi connectivity index (χ3n) is 6.90. The number of piperidine rings is 1. The number of hydrogen-bond donors (Lipinski definition) is 1. The first-order valence-electron chi connectivity index (χ1n) is 10.6. The van der Waals surface area contributed by atoms with Gasteiger partial charge in [-0.15, -0.1) is 0 Å². The van der Waals surface area contributed by atoms with E-state index in [1.807, 2.05) is 4.90 Å². The molecule has 5 heterocycles. The topological polar surface area (TPSA) is 82.9 Å². The Balaban J connectivity index is 1.32. The average Bonchev–Trinajstić information content (AvgIpc) is 3.35. The predicted molar refractivity (Wildman–Crippen MR) is 114 cm³/mol. The third kappa shape index (κ3) is 3.39. The first-order valence-corrected chi connectivity index (χ1v) is 10.6. The van der Waals surface area contributed by atoms with Crippen molar-refractivity contribution in [3.8, 4) is 0 Å². The van der Waals surface area contributed by atoms with Gasteiger partial charge in [-0.1, -0.05) is 0 Å². The predicted octanol–water partition coefficient (Wildman–Crippen LogP) is 2.88. The van der Waals surface area contributed by atoms with Crippen molar-refractivity contribution >= 4 is 22.7 Å². The summed E-state index contributed by atoms with van der Waals surface area (Å²) in [6.45, 7) is 4.69. The summed E-state index contributed by atoms with van der Waals surface area (Å²) in [4.78, 5) is 25.0. The van der Waals surface area contributed by atoms with Gasteiger partial charge in [-0.05, 0) is 43.7 Å². The minimum Gasteiger partial charge on any atom is -0.371 e. The van der Waals surface area contributed by atoms with Crippen molar-refractivity contribution in [1.82, 2.24) is 24.7 Å². The molecule has 8 nitrogen and oxygen atoms in total. The van der Waals surface area contributed by atoms with Crippen molar-refractivity contribution in [2.75, 3.05) is 36.0 Å². The van der Waals surface area contributed by atoms with E-state index in [9.17, 15) is 18.0 Å². The Morgan fingerprint density at radius 2 is 1.81 bits per heavy atom. The van der Waals surface area contributed by atoms with Gasteiger partial charge in [-0.3, -0.25) is 19.4 Å². The van der Waals surface area contributed by atoms with Crippen molar-refractivity contribution in [2.24, 2.45) is 12.5 Å². The van der Waals surface area contributed by atoms with Crippen molar-refractivity contribution in [2.45, 2.75) is 32.4 Å². The van der Waals surface area contributed by atoms with Gasteiger partial charge in [0.05, 0.1) is 0 Å². The first-order chi connectivity index (χ1) is 15.2. The molecule has 0 amide bonds. The number of aromatic nitrogens is 5. The van der Waals surface area contributed by atoms with E-state index in [4.69, 9.17) is 0 Å². The van der Waals surface area contributed by atoms with Crippen molar-refractivity contribution in [3.05, 3.63) is 40.1 Å². The fourth-order valence-electron chi connectivity index (χ4n) is 4.98. The normalized spacial score (nSPS) is 18.8. The number of H-pyrrole nitrogens is 1. The number of rotatable bonds is 2. The lowest BCUT2D eigenvalue weighted by molar-refractivity contribution is -0.141. The number of pyridine rings is 1. The Hall–Kier alpha value is -3.11. The number of alkyl halides is 3. The molecule has 0 aromatic carbocycles. The largest absolute Gasteiger partial charge is 0.433 e. The monoisotopic (exact) mass is 447 g/mol. The lowest BCUT2D eigenvalue weighted by atomic mass is 9.78. The van der Waals surface area contributed by atoms with Gasteiger partial charge in [0.15, 0.2) is 5.65 Å². The van der Waals surface area contributed by atoms with E-state index < -0.39 is 11.9 Å². The van der Waals surface area contributed by atoms with Crippen molar-refractivity contribution < 1.29 is 13.2 Å². The number of aromatic amines is 1. The number of halogens is 3. The second-order valence-corrected chi connectivity index (χ2v) is 8.88. The molecule has 0 aliphatic carbocycles. The molecule has 0 atom stereocenters. The second-order valence-electron chi connectivity index (χ2n) is 8.88. The Bertz CT molecular complexity index is 1220. The lowest BCUT2D eigenvalue weighted by Gasteiger charge is -2.40. The lowest BCUT2D eigenvalue weighted by Crippen LogP contribution is -2.43. The molecule has 2 saturated heterocycles. The van der Waals surface area contributed by atoms with Crippen LogP contribution in [-0.4, -0.2) is 50.9 Å². The zero-order valence-electron chi connectivity index (χ0n) is 17.9. The summed E-state index contributed by atoms with van der Waals surface area (Å²) < 4.78 is 40.7. The van der Waals surface area contributed by atoms with Crippen LogP contribution >= 0.6 is 0 Å². The molecule has 3 aromatic heterocycles. The van der Waals surface area contributed by atoms with Crippen LogP contribution < -0.4 is 15.4 Å². The summed E-state index contributed by atoms with van der Waals surface area (Å²) in [5.74, 6) is 0.600. The number of hydrogen-bond acceptors (Lipinski definition) is 6. The fourth-order valence-corrected chi connectivity index (χ4v) is 4.98. The molecule has 1 spiro atoms. The standard InChI is InChI=1S/C21H24F3N7O/c1-13-16-17(28-27-13)26-19(29(2)18(16)32)30-8-4-20(5-9-30)6-10-31(12-20)14-3-7-25-15(11-14)21(22,23)24/h3,7,11H,4-6,8-10,12H2,1-2H3,(H,27,28). The van der Waals surface area contributed by atoms with Crippen LogP contribution in [0.15, 0.2) is 23.1 Å². The smallest absolute Gasteiger partial charge is 0.371 e. The highest BCUT2D eigenvalue weighted by Crippen LogP contribution is 2.43. The zero-order valence-corrected chi connectivity index (χ0v) is 17.9. The molecule has 11 heteroatoms. The van der Waals surface area contributed by atoms with E-state index in [-0.39, 0.29) is 11.0 Å². The van der Waals surface area contributed by atoms with Crippen LogP contribution in [0.3, 0.4) is 0 Å². The Morgan fingerprint density at radius 3 is 2.50 bits per heavy atom. The second kappa shape index (κ2) is 7.21. The van der Waals surface area contributed by atoms with Crippen molar-refractivity contribution in [1.29, 1.82) is 0 Å². The number of aryl methyl sites for hydroxylation is 1. The highest BCUT2D eigenvalue weighted by atomic mass is 19.4. The average molecular weight is 447 g/mol. The molecule has 5 rings (SSSR count). The van der Waals surface area contributed by atoms with Gasteiger partial charge in [0.25, 0.3) is 5.56 Å². The van der Waals surface area contributed by atoms with Crippen LogP contribution in [0.1, 0.15) is 30.7 Å². The summed E-state index contributed by atoms with van der Waals surface area (Å²) in [7, 11) is 1.72. The van der Waals surface area contributed by atoms with Crippen LogP contribution in [0.25, 0.3) is 11.0 Å². The number of fused-ring (bicyclic) bond motifs is 1. The van der Waals surface area contributed by atoms with Crippen LogP contribution in [0.4, 0.5) is 24.8 Å². The van der Waals surface area contributed by atoms with E-state index in [0.717, 1.165) is 45.0 Å². The molecule has 2 fully saturated rings. The maximum Gasteiger partial charge on any atom is 0.433 e. The van der Waals surface area contributed by atoms with Gasteiger partial charge < -0.3 is 9.80 Å². The van der Waals surface area contributed by atoms with E-state index in [2.05, 4.69) is 25.1 Å². The molecule has 2 aliphatic rings. The summed E-state index contributed by atoms with van der Waals surface area (Å²) in [6, 6.07) is 2.78. The van der Waals surface area contributed by atoms with E-state index >= 15 is 0 Å². The molecular weight excluding hydrogens is 423 g/mol. The Labute approximate surface area is 182 Å². The molecule has 0 radical (unpaired) electrons. The number of anilines is 2. The van der Waals surface area contributed by atoms with Gasteiger partial charge in [0.1, 0.15) is 11.1 Å². The fraction of sp³-hybridized carbons (Fsp3) is 0.524. The quantitative estimate of drug-likeness (QED) is 0.651. The Morgan fingerprint density at radius 1 is 1.12 bits per heavy atom. The van der Waals surface area contributed by atoms with Crippen molar-refractivity contribution in [3.63, 3.8) is 0 Å². The molecule has 0 unspecified atom stereocenters. The summed E-state index contributed by atoms with van der Waals surface area (Å²) >= 11 is 0. The zero-order chi connectivity index (χ0) is 22.7. The Kier molecular flexibility index (Phi) is 4.68. The maximum atomic E-state index is 13.0. The first kappa shape index (κ1) is 20.8. The highest BCUT2D eigenvalue weighted by Gasteiger charge is 2.42. The van der Waals surface area contributed by atoms with Crippen LogP contribution in [0, 0.1) is 12.3 Å². The minimum absolute atomic E-state index is 0.0457. The molecule has 0 bridgehead atoms. The summed E-state index contributed by atoms with van der Waals surface area (Å²) in [5, 5.41) is 7.48.